The van der Waals surface area contributed by atoms with Crippen LogP contribution in [0.3, 0.4) is 0 Å². The van der Waals surface area contributed by atoms with Crippen molar-refractivity contribution in [3.05, 3.63) is 29.8 Å². The van der Waals surface area contributed by atoms with Crippen molar-refractivity contribution in [2.45, 2.75) is 19.8 Å². The topological polar surface area (TPSA) is 32.3 Å². The van der Waals surface area contributed by atoms with Crippen LogP contribution in [0.1, 0.15) is 25.3 Å². The molecule has 0 radical (unpaired) electrons. The molecule has 1 aliphatic rings. The van der Waals surface area contributed by atoms with Gasteiger partial charge in [0.2, 0.25) is 0 Å². The van der Waals surface area contributed by atoms with Crippen LogP contribution in [0.25, 0.3) is 0 Å². The summed E-state index contributed by atoms with van der Waals surface area (Å²) in [7, 11) is 0. The number of carbonyl (C=O) groups is 1. The molecule has 0 aromatic heterocycles. The summed E-state index contributed by atoms with van der Waals surface area (Å²) in [5, 5.41) is 2.90. The quantitative estimate of drug-likeness (QED) is 0.754. The first-order valence-electron chi connectivity index (χ1n) is 6.31. The number of nitrogens with zero attached hydrogens (tertiary/aromatic N) is 1. The maximum Gasteiger partial charge on any atom is 0.321 e. The fourth-order valence-electron chi connectivity index (χ4n) is 2.26. The molecule has 1 heterocycles. The molecule has 1 atom stereocenters. The molecule has 1 unspecified atom stereocenters. The number of rotatable bonds is 1. The van der Waals surface area contributed by atoms with Crippen LogP contribution in [0, 0.1) is 18.3 Å². The lowest BCUT2D eigenvalue weighted by molar-refractivity contribution is 0.182. The van der Waals surface area contributed by atoms with Crippen LogP contribution in [0.4, 0.5) is 10.5 Å². The number of terminal acetylenes is 1. The lowest BCUT2D eigenvalue weighted by Crippen LogP contribution is -2.41. The minimum absolute atomic E-state index is 0.0317. The van der Waals surface area contributed by atoms with E-state index in [1.807, 2.05) is 29.2 Å². The third-order valence-corrected chi connectivity index (χ3v) is 3.22. The molecule has 94 valence electrons. The molecule has 3 nitrogen and oxygen atoms in total. The minimum atomic E-state index is -0.0317. The van der Waals surface area contributed by atoms with E-state index in [4.69, 9.17) is 6.42 Å². The third-order valence-electron chi connectivity index (χ3n) is 3.22. The van der Waals surface area contributed by atoms with Gasteiger partial charge in [-0.3, -0.25) is 0 Å². The Hall–Kier alpha value is -1.95. The highest BCUT2D eigenvalue weighted by atomic mass is 16.2. The minimum Gasteiger partial charge on any atom is -0.324 e. The van der Waals surface area contributed by atoms with E-state index in [1.165, 1.54) is 6.42 Å². The van der Waals surface area contributed by atoms with Gasteiger partial charge in [0.25, 0.3) is 0 Å². The molecule has 1 fully saturated rings. The monoisotopic (exact) mass is 242 g/mol. The van der Waals surface area contributed by atoms with Crippen LogP contribution in [0.15, 0.2) is 24.3 Å². The number of likely N-dealkylation sites (tertiary alicyclic amines) is 1. The van der Waals surface area contributed by atoms with Crippen molar-refractivity contribution in [1.82, 2.24) is 4.90 Å². The van der Waals surface area contributed by atoms with E-state index in [9.17, 15) is 4.79 Å². The van der Waals surface area contributed by atoms with Crippen molar-refractivity contribution in [2.24, 2.45) is 5.92 Å². The molecule has 1 aliphatic heterocycles. The van der Waals surface area contributed by atoms with Gasteiger partial charge >= 0.3 is 6.03 Å². The highest BCUT2D eigenvalue weighted by Gasteiger charge is 2.20. The first-order valence-corrected chi connectivity index (χ1v) is 6.31. The molecular weight excluding hydrogens is 224 g/mol. The summed E-state index contributed by atoms with van der Waals surface area (Å²) < 4.78 is 0. The largest absolute Gasteiger partial charge is 0.324 e. The maximum atomic E-state index is 12.1. The van der Waals surface area contributed by atoms with Crippen molar-refractivity contribution >= 4 is 11.7 Å². The summed E-state index contributed by atoms with van der Waals surface area (Å²) in [5.41, 5.74) is 1.54. The van der Waals surface area contributed by atoms with Gasteiger partial charge in [0, 0.05) is 24.3 Å². The second-order valence-corrected chi connectivity index (χ2v) is 4.85. The lowest BCUT2D eigenvalue weighted by atomic mass is 10.0. The zero-order chi connectivity index (χ0) is 13.0. The predicted molar refractivity (Wildman–Crippen MR) is 73.4 cm³/mol. The number of piperidine rings is 1. The second-order valence-electron chi connectivity index (χ2n) is 4.85. The summed E-state index contributed by atoms with van der Waals surface area (Å²) in [6, 6.07) is 7.33. The number of hydrogen-bond donors (Lipinski definition) is 1. The molecule has 3 heteroatoms. The normalized spacial score (nSPS) is 19.1. The van der Waals surface area contributed by atoms with E-state index in [0.29, 0.717) is 5.92 Å². The molecule has 0 spiro atoms. The van der Waals surface area contributed by atoms with Gasteiger partial charge in [-0.05, 0) is 37.0 Å². The molecule has 1 saturated heterocycles. The lowest BCUT2D eigenvalue weighted by Gasteiger charge is -2.30. The highest BCUT2D eigenvalue weighted by molar-refractivity contribution is 5.89. The first kappa shape index (κ1) is 12.5. The van der Waals surface area contributed by atoms with E-state index < -0.39 is 0 Å². The van der Waals surface area contributed by atoms with E-state index in [-0.39, 0.29) is 6.03 Å². The van der Waals surface area contributed by atoms with Gasteiger partial charge in [-0.25, -0.2) is 4.79 Å². The molecule has 2 amide bonds. The fraction of sp³-hybridized carbons (Fsp3) is 0.400. The zero-order valence-electron chi connectivity index (χ0n) is 10.6. The Morgan fingerprint density at radius 3 is 3.11 bits per heavy atom. The smallest absolute Gasteiger partial charge is 0.321 e. The molecule has 1 aromatic carbocycles. The molecule has 0 saturated carbocycles. The number of anilines is 1. The van der Waals surface area contributed by atoms with Gasteiger partial charge in [0.15, 0.2) is 0 Å². The Bertz CT molecular complexity index is 476. The van der Waals surface area contributed by atoms with Crippen molar-refractivity contribution in [3.8, 4) is 12.3 Å². The molecule has 0 aliphatic carbocycles. The average Bonchev–Trinajstić information content (AvgIpc) is 2.39. The highest BCUT2D eigenvalue weighted by Crippen LogP contribution is 2.17. The second kappa shape index (κ2) is 5.59. The van der Waals surface area contributed by atoms with Crippen molar-refractivity contribution in [2.75, 3.05) is 18.4 Å². The Morgan fingerprint density at radius 1 is 1.56 bits per heavy atom. The maximum absolute atomic E-state index is 12.1. The molecular formula is C15H18N2O. The number of carbonyl (C=O) groups excluding carboxylic acids is 1. The van der Waals surface area contributed by atoms with Gasteiger partial charge in [0.05, 0.1) is 0 Å². The summed E-state index contributed by atoms with van der Waals surface area (Å²) in [6.07, 6.45) is 7.62. The fourth-order valence-corrected chi connectivity index (χ4v) is 2.26. The number of hydrogen-bond acceptors (Lipinski definition) is 1. The van der Waals surface area contributed by atoms with Crippen LogP contribution >= 0.6 is 0 Å². The molecule has 18 heavy (non-hydrogen) atoms. The zero-order valence-corrected chi connectivity index (χ0v) is 10.6. The Labute approximate surface area is 108 Å². The van der Waals surface area contributed by atoms with Gasteiger partial charge < -0.3 is 10.2 Å². The number of amides is 2. The number of nitrogens with one attached hydrogen (secondary N) is 1. The van der Waals surface area contributed by atoms with E-state index >= 15 is 0 Å². The Morgan fingerprint density at radius 2 is 2.39 bits per heavy atom. The van der Waals surface area contributed by atoms with Crippen LogP contribution in [-0.2, 0) is 0 Å². The van der Waals surface area contributed by atoms with E-state index in [1.54, 1.807) is 0 Å². The average molecular weight is 242 g/mol. The number of benzene rings is 1. The first-order chi connectivity index (χ1) is 8.69. The van der Waals surface area contributed by atoms with E-state index in [2.05, 4.69) is 18.2 Å². The van der Waals surface area contributed by atoms with Gasteiger partial charge in [-0.2, -0.15) is 0 Å². The summed E-state index contributed by atoms with van der Waals surface area (Å²) in [6.45, 7) is 3.85. The molecule has 0 bridgehead atoms. The Balaban J connectivity index is 2.00. The van der Waals surface area contributed by atoms with Crippen molar-refractivity contribution in [3.63, 3.8) is 0 Å². The van der Waals surface area contributed by atoms with E-state index in [0.717, 1.165) is 30.8 Å². The SMILES string of the molecule is C#Cc1cccc(NC(=O)N2CCCC(C)C2)c1. The number of urea groups is 1. The third kappa shape index (κ3) is 3.04. The Kier molecular flexibility index (Phi) is 3.88. The predicted octanol–water partition coefficient (Wildman–Crippen LogP) is 2.93. The van der Waals surface area contributed by atoms with Gasteiger partial charge in [0.1, 0.15) is 0 Å². The standard InChI is InChI=1S/C15H18N2O/c1-3-13-7-4-8-14(10-13)16-15(18)17-9-5-6-12(2)11-17/h1,4,7-8,10,12H,5-6,9,11H2,2H3,(H,16,18). The van der Waals surface area contributed by atoms with Crippen LogP contribution in [0.5, 0.6) is 0 Å². The molecule has 1 aromatic rings. The van der Waals surface area contributed by atoms with Crippen molar-refractivity contribution in [1.29, 1.82) is 0 Å². The summed E-state index contributed by atoms with van der Waals surface area (Å²) in [4.78, 5) is 13.9. The van der Waals surface area contributed by atoms with Crippen LogP contribution < -0.4 is 5.32 Å². The molecule has 1 N–H and O–H groups in total. The van der Waals surface area contributed by atoms with Gasteiger partial charge in [-0.15, -0.1) is 6.42 Å². The molecule has 2 rings (SSSR count). The summed E-state index contributed by atoms with van der Waals surface area (Å²) in [5.74, 6) is 3.15. The van der Waals surface area contributed by atoms with Gasteiger partial charge in [-0.1, -0.05) is 18.9 Å². The summed E-state index contributed by atoms with van der Waals surface area (Å²) >= 11 is 0. The van der Waals surface area contributed by atoms with Crippen LogP contribution in [0.2, 0.25) is 0 Å². The van der Waals surface area contributed by atoms with Crippen LogP contribution in [-0.4, -0.2) is 24.0 Å². The van der Waals surface area contributed by atoms with Crippen molar-refractivity contribution < 1.29 is 4.79 Å².